The molecule has 5 nitrogen and oxygen atoms in total. The van der Waals surface area contributed by atoms with E-state index in [1.807, 2.05) is 31.2 Å². The summed E-state index contributed by atoms with van der Waals surface area (Å²) in [5.41, 5.74) is 2.30. The van der Waals surface area contributed by atoms with Gasteiger partial charge in [0.2, 0.25) is 0 Å². The Morgan fingerprint density at radius 3 is 2.85 bits per heavy atom. The molecule has 2 aromatic heterocycles. The average molecular weight is 385 g/mol. The Bertz CT molecular complexity index is 918. The third kappa shape index (κ3) is 3.73. The zero-order chi connectivity index (χ0) is 18.8. The van der Waals surface area contributed by atoms with Crippen molar-refractivity contribution < 1.29 is 13.9 Å². The largest absolute Gasteiger partial charge is 0.497 e. The molecule has 1 saturated heterocycles. The number of ether oxygens (including phenoxy) is 2. The first-order valence-electron chi connectivity index (χ1n) is 9.15. The zero-order valence-electron chi connectivity index (χ0n) is 15.9. The number of methoxy groups -OCH3 is 2. The molecule has 142 valence electrons. The molecule has 0 radical (unpaired) electrons. The maximum Gasteiger partial charge on any atom is 0.162 e. The maximum absolute atomic E-state index is 5.70. The Morgan fingerprint density at radius 2 is 2.11 bits per heavy atom. The van der Waals surface area contributed by atoms with Crippen LogP contribution >= 0.6 is 11.3 Å². The molecule has 3 heterocycles. The lowest BCUT2D eigenvalue weighted by molar-refractivity contribution is 0.240. The molecule has 6 heteroatoms. The minimum atomic E-state index is 0.335. The predicted molar refractivity (Wildman–Crippen MR) is 106 cm³/mol. The van der Waals surface area contributed by atoms with Gasteiger partial charge in [-0.25, -0.2) is 4.98 Å². The summed E-state index contributed by atoms with van der Waals surface area (Å²) in [5.74, 6) is 3.46. The first kappa shape index (κ1) is 18.1. The van der Waals surface area contributed by atoms with E-state index in [1.165, 1.54) is 12.0 Å². The molecule has 0 aliphatic carbocycles. The molecule has 1 atom stereocenters. The van der Waals surface area contributed by atoms with Gasteiger partial charge in [-0.2, -0.15) is 0 Å². The van der Waals surface area contributed by atoms with Gasteiger partial charge >= 0.3 is 0 Å². The number of hydrogen-bond acceptors (Lipinski definition) is 6. The molecular weight excluding hydrogens is 360 g/mol. The highest BCUT2D eigenvalue weighted by Crippen LogP contribution is 2.39. The molecule has 27 heavy (non-hydrogen) atoms. The van der Waals surface area contributed by atoms with Crippen molar-refractivity contribution >= 4 is 11.3 Å². The van der Waals surface area contributed by atoms with Crippen LogP contribution in [0.2, 0.25) is 0 Å². The quantitative estimate of drug-likeness (QED) is 0.594. The highest BCUT2D eigenvalue weighted by Gasteiger charge is 2.29. The molecule has 0 bridgehead atoms. The standard InChI is InChI=1S/C21H24N2O3S/c1-14-6-9-19(26-14)21-22-15(13-27-21)12-23-10-4-5-18(23)17-8-7-16(24-2)11-20(17)25-3/h6-9,11,13,18H,4-5,10,12H2,1-3H3. The van der Waals surface area contributed by atoms with Crippen molar-refractivity contribution in [3.63, 3.8) is 0 Å². The van der Waals surface area contributed by atoms with Crippen LogP contribution in [0.3, 0.4) is 0 Å². The smallest absolute Gasteiger partial charge is 0.162 e. The number of benzene rings is 1. The molecule has 0 spiro atoms. The molecule has 0 N–H and O–H groups in total. The van der Waals surface area contributed by atoms with Crippen molar-refractivity contribution in [2.45, 2.75) is 32.4 Å². The molecule has 1 aromatic carbocycles. The van der Waals surface area contributed by atoms with Gasteiger partial charge in [-0.1, -0.05) is 6.07 Å². The van der Waals surface area contributed by atoms with Gasteiger partial charge < -0.3 is 13.9 Å². The van der Waals surface area contributed by atoms with E-state index in [0.29, 0.717) is 6.04 Å². The lowest BCUT2D eigenvalue weighted by atomic mass is 10.0. The Kier molecular flexibility index (Phi) is 5.18. The zero-order valence-corrected chi connectivity index (χ0v) is 16.7. The summed E-state index contributed by atoms with van der Waals surface area (Å²) < 4.78 is 16.7. The van der Waals surface area contributed by atoms with Crippen molar-refractivity contribution in [1.82, 2.24) is 9.88 Å². The molecular formula is C21H24N2O3S. The van der Waals surface area contributed by atoms with E-state index < -0.39 is 0 Å². The van der Waals surface area contributed by atoms with E-state index in [1.54, 1.807) is 25.6 Å². The molecule has 3 aromatic rings. The fourth-order valence-corrected chi connectivity index (χ4v) is 4.48. The van der Waals surface area contributed by atoms with Crippen molar-refractivity contribution in [1.29, 1.82) is 0 Å². The molecule has 1 aliphatic heterocycles. The molecule has 0 amide bonds. The predicted octanol–water partition coefficient (Wildman–Crippen LogP) is 5.07. The number of nitrogens with zero attached hydrogens (tertiary/aromatic N) is 2. The second-order valence-electron chi connectivity index (χ2n) is 6.79. The lowest BCUT2D eigenvalue weighted by Crippen LogP contribution is -2.23. The Morgan fingerprint density at radius 1 is 1.22 bits per heavy atom. The second kappa shape index (κ2) is 7.74. The van der Waals surface area contributed by atoms with Gasteiger partial charge in [-0.15, -0.1) is 11.3 Å². The van der Waals surface area contributed by atoms with E-state index in [2.05, 4.69) is 16.3 Å². The van der Waals surface area contributed by atoms with Gasteiger partial charge in [-0.3, -0.25) is 4.90 Å². The molecule has 1 aliphatic rings. The van der Waals surface area contributed by atoms with Crippen LogP contribution in [0.5, 0.6) is 11.5 Å². The SMILES string of the molecule is COc1ccc(C2CCCN2Cc2csc(-c3ccc(C)o3)n2)c(OC)c1. The number of likely N-dealkylation sites (tertiary alicyclic amines) is 1. The van der Waals surface area contributed by atoms with Gasteiger partial charge in [-0.05, 0) is 44.5 Å². The highest BCUT2D eigenvalue weighted by atomic mass is 32.1. The van der Waals surface area contributed by atoms with Gasteiger partial charge in [0, 0.05) is 29.6 Å². The summed E-state index contributed by atoms with van der Waals surface area (Å²) in [4.78, 5) is 7.27. The van der Waals surface area contributed by atoms with Crippen molar-refractivity contribution in [2.24, 2.45) is 0 Å². The minimum absolute atomic E-state index is 0.335. The van der Waals surface area contributed by atoms with Crippen LogP contribution in [0.4, 0.5) is 0 Å². The van der Waals surface area contributed by atoms with E-state index in [4.69, 9.17) is 18.9 Å². The van der Waals surface area contributed by atoms with Crippen molar-refractivity contribution in [2.75, 3.05) is 20.8 Å². The number of thiazole rings is 1. The number of rotatable bonds is 6. The van der Waals surface area contributed by atoms with Crippen LogP contribution in [-0.2, 0) is 6.54 Å². The second-order valence-corrected chi connectivity index (χ2v) is 7.65. The van der Waals surface area contributed by atoms with Crippen molar-refractivity contribution in [3.05, 3.63) is 52.7 Å². The van der Waals surface area contributed by atoms with Crippen LogP contribution in [0.25, 0.3) is 10.8 Å². The molecule has 4 rings (SSSR count). The summed E-state index contributed by atoms with van der Waals surface area (Å²) >= 11 is 1.64. The van der Waals surface area contributed by atoms with Crippen LogP contribution in [-0.4, -0.2) is 30.6 Å². The third-order valence-corrected chi connectivity index (χ3v) is 5.94. The normalized spacial score (nSPS) is 17.4. The average Bonchev–Trinajstić information content (AvgIpc) is 3.42. The van der Waals surface area contributed by atoms with Crippen LogP contribution < -0.4 is 9.47 Å². The maximum atomic E-state index is 5.70. The van der Waals surface area contributed by atoms with Crippen LogP contribution in [0.1, 0.15) is 35.9 Å². The van der Waals surface area contributed by atoms with Crippen molar-refractivity contribution in [3.8, 4) is 22.3 Å². The number of aryl methyl sites for hydroxylation is 1. The fraction of sp³-hybridized carbons (Fsp3) is 0.381. The minimum Gasteiger partial charge on any atom is -0.497 e. The first-order chi connectivity index (χ1) is 13.2. The van der Waals surface area contributed by atoms with Gasteiger partial charge in [0.1, 0.15) is 17.3 Å². The molecule has 1 unspecified atom stereocenters. The molecule has 1 fully saturated rings. The highest BCUT2D eigenvalue weighted by molar-refractivity contribution is 7.13. The first-order valence-corrected chi connectivity index (χ1v) is 10.0. The fourth-order valence-electron chi connectivity index (χ4n) is 3.71. The van der Waals surface area contributed by atoms with E-state index in [-0.39, 0.29) is 0 Å². The third-order valence-electron chi connectivity index (χ3n) is 5.03. The Balaban J connectivity index is 1.53. The molecule has 0 saturated carbocycles. The Labute approximate surface area is 163 Å². The number of furan rings is 1. The summed E-state index contributed by atoms with van der Waals surface area (Å²) in [7, 11) is 3.40. The topological polar surface area (TPSA) is 47.7 Å². The monoisotopic (exact) mass is 384 g/mol. The van der Waals surface area contributed by atoms with Gasteiger partial charge in [0.15, 0.2) is 10.8 Å². The van der Waals surface area contributed by atoms with Gasteiger partial charge in [0.25, 0.3) is 0 Å². The van der Waals surface area contributed by atoms with Crippen LogP contribution in [0.15, 0.2) is 40.1 Å². The summed E-state index contributed by atoms with van der Waals surface area (Å²) in [6.07, 6.45) is 2.30. The Hall–Kier alpha value is -2.31. The van der Waals surface area contributed by atoms with Gasteiger partial charge in [0.05, 0.1) is 19.9 Å². The summed E-state index contributed by atoms with van der Waals surface area (Å²) in [6.45, 7) is 3.84. The van der Waals surface area contributed by atoms with Crippen LogP contribution in [0, 0.1) is 6.92 Å². The lowest BCUT2D eigenvalue weighted by Gasteiger charge is -2.25. The van der Waals surface area contributed by atoms with E-state index in [9.17, 15) is 0 Å². The van der Waals surface area contributed by atoms with E-state index >= 15 is 0 Å². The summed E-state index contributed by atoms with van der Waals surface area (Å²) in [5, 5.41) is 3.07. The number of aromatic nitrogens is 1. The summed E-state index contributed by atoms with van der Waals surface area (Å²) in [6, 6.07) is 10.4. The van der Waals surface area contributed by atoms with E-state index in [0.717, 1.165) is 53.2 Å². The number of hydrogen-bond donors (Lipinski definition) is 0.